The van der Waals surface area contributed by atoms with Crippen LogP contribution in [0.15, 0.2) is 42.5 Å². The van der Waals surface area contributed by atoms with E-state index in [0.717, 1.165) is 6.07 Å². The Bertz CT molecular complexity index is 688. The third-order valence-corrected chi connectivity index (χ3v) is 2.81. The number of anilines is 1. The molecule has 0 heterocycles. The van der Waals surface area contributed by atoms with Gasteiger partial charge in [-0.3, -0.25) is 4.79 Å². The van der Waals surface area contributed by atoms with Crippen LogP contribution in [0.1, 0.15) is 20.7 Å². The maximum absolute atomic E-state index is 13.5. The molecule has 0 unspecified atom stereocenters. The van der Waals surface area contributed by atoms with E-state index in [4.69, 9.17) is 16.7 Å². The Morgan fingerprint density at radius 2 is 1.75 bits per heavy atom. The van der Waals surface area contributed by atoms with Crippen molar-refractivity contribution in [1.29, 1.82) is 0 Å². The van der Waals surface area contributed by atoms with Crippen LogP contribution in [0.5, 0.6) is 0 Å². The molecule has 2 N–H and O–H groups in total. The van der Waals surface area contributed by atoms with Crippen molar-refractivity contribution in [2.24, 2.45) is 0 Å². The Balaban J connectivity index is 2.33. The molecule has 102 valence electrons. The fraction of sp³-hybridized carbons (Fsp3) is 0. The van der Waals surface area contributed by atoms with E-state index in [0.29, 0.717) is 0 Å². The molecule has 0 saturated heterocycles. The molecular formula is C14H9ClFNO3. The number of halogens is 2. The molecule has 2 aromatic carbocycles. The fourth-order valence-electron chi connectivity index (χ4n) is 1.65. The van der Waals surface area contributed by atoms with Gasteiger partial charge >= 0.3 is 5.97 Å². The standard InChI is InChI=1S/C14H9ClFNO3/c15-8-5-6-11(16)12(7-8)17-13(18)9-3-1-2-4-10(9)14(19)20/h1-7H,(H,17,18)(H,19,20). The highest BCUT2D eigenvalue weighted by Crippen LogP contribution is 2.21. The minimum Gasteiger partial charge on any atom is -0.478 e. The fourth-order valence-corrected chi connectivity index (χ4v) is 1.82. The van der Waals surface area contributed by atoms with Crippen LogP contribution in [0.2, 0.25) is 5.02 Å². The predicted molar refractivity (Wildman–Crippen MR) is 72.8 cm³/mol. The number of carbonyl (C=O) groups is 2. The summed E-state index contributed by atoms with van der Waals surface area (Å²) in [7, 11) is 0. The molecule has 0 radical (unpaired) electrons. The highest BCUT2D eigenvalue weighted by atomic mass is 35.5. The average molecular weight is 294 g/mol. The number of benzene rings is 2. The van der Waals surface area contributed by atoms with Gasteiger partial charge in [0, 0.05) is 5.02 Å². The largest absolute Gasteiger partial charge is 0.478 e. The molecular weight excluding hydrogens is 285 g/mol. The number of amides is 1. The maximum atomic E-state index is 13.5. The zero-order chi connectivity index (χ0) is 14.7. The van der Waals surface area contributed by atoms with Crippen molar-refractivity contribution in [2.75, 3.05) is 5.32 Å². The van der Waals surface area contributed by atoms with Crippen LogP contribution in [0, 0.1) is 5.82 Å². The van der Waals surface area contributed by atoms with Gasteiger partial charge in [0.15, 0.2) is 0 Å². The van der Waals surface area contributed by atoms with Crippen LogP contribution in [0.4, 0.5) is 10.1 Å². The number of nitrogens with one attached hydrogen (secondary N) is 1. The second kappa shape index (κ2) is 5.71. The number of hydrogen-bond acceptors (Lipinski definition) is 2. The number of aromatic carboxylic acids is 1. The highest BCUT2D eigenvalue weighted by molar-refractivity contribution is 6.31. The molecule has 0 aliphatic rings. The lowest BCUT2D eigenvalue weighted by atomic mass is 10.1. The number of carbonyl (C=O) groups excluding carboxylic acids is 1. The summed E-state index contributed by atoms with van der Waals surface area (Å²) in [4.78, 5) is 23.0. The van der Waals surface area contributed by atoms with E-state index < -0.39 is 17.7 Å². The third-order valence-electron chi connectivity index (χ3n) is 2.58. The van der Waals surface area contributed by atoms with Gasteiger partial charge in [-0.2, -0.15) is 0 Å². The van der Waals surface area contributed by atoms with Gasteiger partial charge in [-0.15, -0.1) is 0 Å². The van der Waals surface area contributed by atoms with Crippen molar-refractivity contribution in [2.45, 2.75) is 0 Å². The molecule has 0 fully saturated rings. The molecule has 2 aromatic rings. The monoisotopic (exact) mass is 293 g/mol. The molecule has 2 rings (SSSR count). The van der Waals surface area contributed by atoms with E-state index >= 15 is 0 Å². The van der Waals surface area contributed by atoms with Crippen LogP contribution >= 0.6 is 11.6 Å². The topological polar surface area (TPSA) is 66.4 Å². The summed E-state index contributed by atoms with van der Waals surface area (Å²) in [6.07, 6.45) is 0. The third kappa shape index (κ3) is 2.95. The summed E-state index contributed by atoms with van der Waals surface area (Å²) >= 11 is 5.72. The molecule has 0 aliphatic carbocycles. The molecule has 6 heteroatoms. The molecule has 0 spiro atoms. The Labute approximate surface area is 118 Å². The van der Waals surface area contributed by atoms with Crippen LogP contribution in [0.25, 0.3) is 0 Å². The molecule has 0 bridgehead atoms. The van der Waals surface area contributed by atoms with Crippen molar-refractivity contribution in [1.82, 2.24) is 0 Å². The van der Waals surface area contributed by atoms with Gasteiger partial charge in [-0.1, -0.05) is 23.7 Å². The van der Waals surface area contributed by atoms with Crippen molar-refractivity contribution in [3.63, 3.8) is 0 Å². The van der Waals surface area contributed by atoms with Crippen LogP contribution in [0.3, 0.4) is 0 Å². The van der Waals surface area contributed by atoms with Gasteiger partial charge in [-0.25, -0.2) is 9.18 Å². The lowest BCUT2D eigenvalue weighted by molar-refractivity contribution is 0.0692. The van der Waals surface area contributed by atoms with E-state index in [1.54, 1.807) is 0 Å². The first-order chi connectivity index (χ1) is 9.49. The van der Waals surface area contributed by atoms with Gasteiger partial charge in [-0.05, 0) is 30.3 Å². The molecule has 1 amide bonds. The molecule has 0 aliphatic heterocycles. The summed E-state index contributed by atoms with van der Waals surface area (Å²) < 4.78 is 13.5. The average Bonchev–Trinajstić information content (AvgIpc) is 2.42. The summed E-state index contributed by atoms with van der Waals surface area (Å²) in [5.41, 5.74) is -0.325. The zero-order valence-corrected chi connectivity index (χ0v) is 10.8. The van der Waals surface area contributed by atoms with E-state index in [1.807, 2.05) is 0 Å². The summed E-state index contributed by atoms with van der Waals surface area (Å²) in [6, 6.07) is 9.37. The second-order valence-corrected chi connectivity index (χ2v) is 4.37. The summed E-state index contributed by atoms with van der Waals surface area (Å²) in [6.45, 7) is 0. The van der Waals surface area contributed by atoms with Crippen LogP contribution < -0.4 is 5.32 Å². The molecule has 20 heavy (non-hydrogen) atoms. The van der Waals surface area contributed by atoms with E-state index in [1.165, 1.54) is 36.4 Å². The van der Waals surface area contributed by atoms with Gasteiger partial charge in [0.05, 0.1) is 16.8 Å². The number of rotatable bonds is 3. The lowest BCUT2D eigenvalue weighted by Crippen LogP contribution is -2.17. The normalized spacial score (nSPS) is 10.1. The van der Waals surface area contributed by atoms with E-state index in [-0.39, 0.29) is 21.8 Å². The minimum absolute atomic E-state index is 0.0561. The minimum atomic E-state index is -1.23. The Kier molecular flexibility index (Phi) is 4.00. The maximum Gasteiger partial charge on any atom is 0.336 e. The second-order valence-electron chi connectivity index (χ2n) is 3.93. The first kappa shape index (κ1) is 14.0. The van der Waals surface area contributed by atoms with Crippen molar-refractivity contribution in [3.05, 3.63) is 64.4 Å². The number of carboxylic acid groups (broad SMARTS) is 1. The summed E-state index contributed by atoms with van der Waals surface area (Å²) in [5, 5.41) is 11.6. The number of carboxylic acids is 1. The Hall–Kier alpha value is -2.40. The summed E-state index contributed by atoms with van der Waals surface area (Å²) in [5.74, 6) is -2.61. The first-order valence-electron chi connectivity index (χ1n) is 5.58. The predicted octanol–water partition coefficient (Wildman–Crippen LogP) is 3.43. The Morgan fingerprint density at radius 3 is 2.40 bits per heavy atom. The van der Waals surface area contributed by atoms with Crippen molar-refractivity contribution < 1.29 is 19.1 Å². The smallest absolute Gasteiger partial charge is 0.336 e. The highest BCUT2D eigenvalue weighted by Gasteiger charge is 2.17. The number of hydrogen-bond donors (Lipinski definition) is 2. The quantitative estimate of drug-likeness (QED) is 0.911. The molecule has 0 atom stereocenters. The Morgan fingerprint density at radius 1 is 1.10 bits per heavy atom. The zero-order valence-electron chi connectivity index (χ0n) is 10.1. The van der Waals surface area contributed by atoms with E-state index in [9.17, 15) is 14.0 Å². The van der Waals surface area contributed by atoms with Crippen LogP contribution in [-0.2, 0) is 0 Å². The van der Waals surface area contributed by atoms with Gasteiger partial charge in [0.25, 0.3) is 5.91 Å². The van der Waals surface area contributed by atoms with Crippen molar-refractivity contribution in [3.8, 4) is 0 Å². The molecule has 0 saturated carbocycles. The van der Waals surface area contributed by atoms with Gasteiger partial charge in [0.2, 0.25) is 0 Å². The molecule has 4 nitrogen and oxygen atoms in total. The van der Waals surface area contributed by atoms with Gasteiger partial charge in [0.1, 0.15) is 5.82 Å². The van der Waals surface area contributed by atoms with Gasteiger partial charge < -0.3 is 10.4 Å². The SMILES string of the molecule is O=C(O)c1ccccc1C(=O)Nc1cc(Cl)ccc1F. The van der Waals surface area contributed by atoms with E-state index in [2.05, 4.69) is 5.32 Å². The van der Waals surface area contributed by atoms with Crippen LogP contribution in [-0.4, -0.2) is 17.0 Å². The molecule has 0 aromatic heterocycles. The first-order valence-corrected chi connectivity index (χ1v) is 5.95. The lowest BCUT2D eigenvalue weighted by Gasteiger charge is -2.08. The van der Waals surface area contributed by atoms with Crippen molar-refractivity contribution >= 4 is 29.2 Å².